The lowest BCUT2D eigenvalue weighted by Gasteiger charge is -2.32. The average molecular weight is 558 g/mol. The Balaban J connectivity index is 1.03. The van der Waals surface area contributed by atoms with Crippen LogP contribution in [0.5, 0.6) is 0 Å². The quantitative estimate of drug-likeness (QED) is 0.351. The lowest BCUT2D eigenvalue weighted by molar-refractivity contribution is -0.137. The minimum absolute atomic E-state index is 0.106. The van der Waals surface area contributed by atoms with Gasteiger partial charge in [-0.3, -0.25) is 9.36 Å². The van der Waals surface area contributed by atoms with E-state index in [2.05, 4.69) is 20.3 Å². The fourth-order valence-corrected chi connectivity index (χ4v) is 5.79. The second kappa shape index (κ2) is 11.5. The van der Waals surface area contributed by atoms with Gasteiger partial charge in [-0.15, -0.1) is 0 Å². The van der Waals surface area contributed by atoms with Gasteiger partial charge in [0.25, 0.3) is 5.91 Å². The summed E-state index contributed by atoms with van der Waals surface area (Å²) in [6.07, 6.45) is 6.04. The molecule has 2 saturated carbocycles. The Kier molecular flexibility index (Phi) is 7.78. The highest BCUT2D eigenvalue weighted by atomic mass is 16.6. The molecule has 0 bridgehead atoms. The minimum atomic E-state index is -1.38. The van der Waals surface area contributed by atoms with Crippen molar-refractivity contribution in [3.05, 3.63) is 12.2 Å². The van der Waals surface area contributed by atoms with Gasteiger partial charge in [0.05, 0.1) is 12.9 Å². The van der Waals surface area contributed by atoms with Crippen molar-refractivity contribution in [1.29, 1.82) is 0 Å². The number of nitrogens with two attached hydrogens (primary N) is 1. The summed E-state index contributed by atoms with van der Waals surface area (Å²) in [4.78, 5) is 40.0. The Labute approximate surface area is 232 Å². The van der Waals surface area contributed by atoms with E-state index in [1.54, 1.807) is 0 Å². The Morgan fingerprint density at radius 1 is 1.07 bits per heavy atom. The van der Waals surface area contributed by atoms with Gasteiger partial charge >= 0.3 is 6.09 Å². The van der Waals surface area contributed by atoms with Gasteiger partial charge in [-0.25, -0.2) is 19.7 Å². The number of likely N-dealkylation sites (tertiary alicyclic amines) is 1. The van der Waals surface area contributed by atoms with E-state index in [1.807, 2.05) is 4.90 Å². The molecule has 4 heterocycles. The van der Waals surface area contributed by atoms with Gasteiger partial charge in [-0.1, -0.05) is 6.42 Å². The number of piperidine rings is 1. The number of nitrogens with one attached hydrogen (secondary N) is 1. The zero-order valence-corrected chi connectivity index (χ0v) is 22.7. The highest BCUT2D eigenvalue weighted by Crippen LogP contribution is 2.33. The zero-order chi connectivity index (χ0) is 27.8. The lowest BCUT2D eigenvalue weighted by atomic mass is 9.86. The van der Waals surface area contributed by atoms with E-state index in [9.17, 15) is 19.8 Å². The summed E-state index contributed by atoms with van der Waals surface area (Å²) in [6.45, 7) is 1.99. The number of carbonyl (C=O) groups is 2. The van der Waals surface area contributed by atoms with Crippen LogP contribution in [0.1, 0.15) is 69.8 Å². The molecule has 13 heteroatoms. The van der Waals surface area contributed by atoms with E-state index in [0.717, 1.165) is 51.6 Å². The number of aromatic nitrogens is 4. The van der Waals surface area contributed by atoms with Crippen molar-refractivity contribution in [1.82, 2.24) is 29.7 Å². The largest absolute Gasteiger partial charge is 0.449 e. The van der Waals surface area contributed by atoms with E-state index >= 15 is 0 Å². The molecule has 2 aliphatic carbocycles. The predicted molar refractivity (Wildman–Crippen MR) is 143 cm³/mol. The molecule has 2 aromatic rings. The molecular formula is C27H39N7O6. The van der Waals surface area contributed by atoms with Crippen LogP contribution in [0.2, 0.25) is 0 Å². The smallest absolute Gasteiger partial charge is 0.409 e. The normalized spacial score (nSPS) is 27.6. The second-order valence-electron chi connectivity index (χ2n) is 11.8. The molecule has 2 saturated heterocycles. The molecule has 2 aromatic heterocycles. The van der Waals surface area contributed by atoms with Gasteiger partial charge in [-0.2, -0.15) is 0 Å². The standard InChI is InChI=1S/C27H39N7O6/c28-23-19-24(34(14-29-19)26-21(36)20(35)22(40-26)25(37)30-17-7-8-17)32-18(31-23)6-2-3-15-9-11-33(12-10-15)27(38)39-13-16-4-1-5-16/h14-17,20-22,26,35-36H,1-13H2,(H,30,37)(H2,28,31,32)/t20-,21?,22+,26-/m1/s1. The first kappa shape index (κ1) is 27.2. The zero-order valence-electron chi connectivity index (χ0n) is 22.7. The highest BCUT2D eigenvalue weighted by Gasteiger charge is 2.48. The van der Waals surface area contributed by atoms with E-state index in [-0.39, 0.29) is 18.0 Å². The number of hydrogen-bond acceptors (Lipinski definition) is 10. The summed E-state index contributed by atoms with van der Waals surface area (Å²) < 4.78 is 12.8. The Morgan fingerprint density at radius 2 is 1.85 bits per heavy atom. The van der Waals surface area contributed by atoms with Gasteiger partial charge in [0.15, 0.2) is 23.8 Å². The summed E-state index contributed by atoms with van der Waals surface area (Å²) in [6, 6.07) is 0.106. The molecule has 40 heavy (non-hydrogen) atoms. The molecule has 218 valence electrons. The van der Waals surface area contributed by atoms with Crippen molar-refractivity contribution < 1.29 is 29.3 Å². The van der Waals surface area contributed by atoms with Gasteiger partial charge < -0.3 is 35.6 Å². The van der Waals surface area contributed by atoms with Crippen molar-refractivity contribution in [3.8, 4) is 0 Å². The summed E-state index contributed by atoms with van der Waals surface area (Å²) >= 11 is 0. The van der Waals surface area contributed by atoms with Gasteiger partial charge in [0.1, 0.15) is 23.5 Å². The Bertz CT molecular complexity index is 1220. The van der Waals surface area contributed by atoms with Crippen LogP contribution in [-0.2, 0) is 20.7 Å². The second-order valence-corrected chi connectivity index (χ2v) is 11.8. The molecule has 4 fully saturated rings. The number of imidazole rings is 1. The first-order chi connectivity index (χ1) is 19.4. The maximum absolute atomic E-state index is 12.5. The number of fused-ring (bicyclic) bond motifs is 1. The number of hydrogen-bond donors (Lipinski definition) is 4. The summed E-state index contributed by atoms with van der Waals surface area (Å²) in [5.41, 5.74) is 6.95. The number of aliphatic hydroxyl groups is 2. The molecule has 0 spiro atoms. The molecule has 0 aromatic carbocycles. The summed E-state index contributed by atoms with van der Waals surface area (Å²) in [7, 11) is 0. The van der Waals surface area contributed by atoms with Crippen LogP contribution in [0.4, 0.5) is 10.6 Å². The van der Waals surface area contributed by atoms with Crippen LogP contribution in [0, 0.1) is 11.8 Å². The first-order valence-corrected chi connectivity index (χ1v) is 14.6. The average Bonchev–Trinajstić information content (AvgIpc) is 3.55. The third-order valence-corrected chi connectivity index (χ3v) is 8.74. The number of rotatable bonds is 9. The number of nitrogen functional groups attached to an aromatic ring is 1. The van der Waals surface area contributed by atoms with Crippen LogP contribution in [0.25, 0.3) is 11.2 Å². The van der Waals surface area contributed by atoms with E-state index in [0.29, 0.717) is 41.9 Å². The lowest BCUT2D eigenvalue weighted by Crippen LogP contribution is -2.43. The van der Waals surface area contributed by atoms with Crippen LogP contribution in [0.15, 0.2) is 6.33 Å². The molecular weight excluding hydrogens is 518 g/mol. The summed E-state index contributed by atoms with van der Waals surface area (Å²) in [5, 5.41) is 24.0. The third kappa shape index (κ3) is 5.72. The number of nitrogens with zero attached hydrogens (tertiary/aromatic N) is 5. The fourth-order valence-electron chi connectivity index (χ4n) is 5.79. The van der Waals surface area contributed by atoms with Crippen molar-refractivity contribution >= 4 is 29.0 Å². The molecule has 2 amide bonds. The first-order valence-electron chi connectivity index (χ1n) is 14.6. The van der Waals surface area contributed by atoms with Crippen LogP contribution < -0.4 is 11.1 Å². The SMILES string of the molecule is Nc1nc(CCCC2CCN(C(=O)OCC3CCC3)CC2)nc2c1ncn2[C@@H]1O[C@H](C(=O)NC2CC2)[C@H](O)C1O. The molecule has 4 atom stereocenters. The number of aryl methyl sites for hydroxylation is 1. The van der Waals surface area contributed by atoms with E-state index < -0.39 is 30.4 Å². The number of carbonyl (C=O) groups excluding carboxylic acids is 2. The Morgan fingerprint density at radius 3 is 2.55 bits per heavy atom. The molecule has 6 rings (SSSR count). The number of anilines is 1. The van der Waals surface area contributed by atoms with Gasteiger partial charge in [-0.05, 0) is 63.2 Å². The van der Waals surface area contributed by atoms with E-state index in [1.165, 1.54) is 30.2 Å². The maximum Gasteiger partial charge on any atom is 0.409 e. The van der Waals surface area contributed by atoms with Crippen molar-refractivity contribution in [2.75, 3.05) is 25.4 Å². The number of amides is 2. The minimum Gasteiger partial charge on any atom is -0.449 e. The van der Waals surface area contributed by atoms with Crippen LogP contribution >= 0.6 is 0 Å². The highest BCUT2D eigenvalue weighted by molar-refractivity contribution is 5.83. The molecule has 2 aliphatic heterocycles. The predicted octanol–water partition coefficient (Wildman–Crippen LogP) is 1.28. The number of aliphatic hydroxyl groups excluding tert-OH is 2. The topological polar surface area (TPSA) is 178 Å². The Hall–Kier alpha value is -3.03. The number of ether oxygens (including phenoxy) is 2. The van der Waals surface area contributed by atoms with Crippen molar-refractivity contribution in [2.45, 2.75) is 94.8 Å². The molecule has 1 unspecified atom stereocenters. The molecule has 13 nitrogen and oxygen atoms in total. The van der Waals surface area contributed by atoms with Crippen molar-refractivity contribution in [2.24, 2.45) is 11.8 Å². The molecule has 4 aliphatic rings. The van der Waals surface area contributed by atoms with E-state index in [4.69, 9.17) is 15.2 Å². The molecule has 0 radical (unpaired) electrons. The van der Waals surface area contributed by atoms with Gasteiger partial charge in [0, 0.05) is 25.6 Å². The molecule has 5 N–H and O–H groups in total. The maximum atomic E-state index is 12.5. The van der Waals surface area contributed by atoms with Crippen LogP contribution in [-0.4, -0.2) is 90.7 Å². The van der Waals surface area contributed by atoms with Gasteiger partial charge in [0.2, 0.25) is 0 Å². The monoisotopic (exact) mass is 557 g/mol. The fraction of sp³-hybridized carbons (Fsp3) is 0.741. The van der Waals surface area contributed by atoms with Crippen LogP contribution in [0.3, 0.4) is 0 Å². The summed E-state index contributed by atoms with van der Waals surface area (Å²) in [5.74, 6) is 1.41. The third-order valence-electron chi connectivity index (χ3n) is 8.74. The van der Waals surface area contributed by atoms with Crippen molar-refractivity contribution in [3.63, 3.8) is 0 Å².